The zero-order valence-corrected chi connectivity index (χ0v) is 13.8. The van der Waals surface area contributed by atoms with Crippen molar-refractivity contribution in [1.29, 1.82) is 0 Å². The van der Waals surface area contributed by atoms with Gasteiger partial charge >= 0.3 is 0 Å². The van der Waals surface area contributed by atoms with Crippen molar-refractivity contribution in [3.05, 3.63) is 47.0 Å². The molecule has 1 aliphatic carbocycles. The minimum absolute atomic E-state index is 0.0616. The first-order chi connectivity index (χ1) is 11.7. The lowest BCUT2D eigenvalue weighted by Gasteiger charge is -2.14. The number of benzene rings is 1. The summed E-state index contributed by atoms with van der Waals surface area (Å²) in [7, 11) is 0. The second kappa shape index (κ2) is 6.38. The van der Waals surface area contributed by atoms with Crippen molar-refractivity contribution in [3.8, 4) is 5.69 Å². The van der Waals surface area contributed by atoms with Crippen LogP contribution in [0.5, 0.6) is 0 Å². The second-order valence-corrected chi connectivity index (χ2v) is 6.72. The summed E-state index contributed by atoms with van der Waals surface area (Å²) in [6.45, 7) is 1.66. The summed E-state index contributed by atoms with van der Waals surface area (Å²) in [6, 6.07) is 6.36. The Balaban J connectivity index is 1.79. The molecule has 0 spiro atoms. The highest BCUT2D eigenvalue weighted by Gasteiger charge is 2.28. The topological polar surface area (TPSA) is 38.1 Å². The van der Waals surface area contributed by atoms with Crippen molar-refractivity contribution in [3.63, 3.8) is 0 Å². The van der Waals surface area contributed by atoms with Crippen molar-refractivity contribution >= 4 is 5.91 Å². The van der Waals surface area contributed by atoms with Crippen LogP contribution in [0, 0.1) is 5.82 Å². The van der Waals surface area contributed by atoms with Gasteiger partial charge in [0, 0.05) is 24.3 Å². The van der Waals surface area contributed by atoms with E-state index in [0.29, 0.717) is 5.69 Å². The molecule has 0 unspecified atom stereocenters. The molecule has 0 radical (unpaired) electrons. The molecule has 2 aromatic rings. The number of carbonyl (C=O) groups is 1. The summed E-state index contributed by atoms with van der Waals surface area (Å²) in [5, 5.41) is 4.68. The van der Waals surface area contributed by atoms with Crippen LogP contribution in [-0.4, -0.2) is 33.7 Å². The van der Waals surface area contributed by atoms with Crippen LogP contribution in [0.3, 0.4) is 0 Å². The van der Waals surface area contributed by atoms with Crippen LogP contribution in [0.1, 0.15) is 53.8 Å². The van der Waals surface area contributed by atoms with Crippen LogP contribution in [-0.2, 0) is 12.8 Å². The van der Waals surface area contributed by atoms with Gasteiger partial charge in [-0.25, -0.2) is 9.07 Å². The fourth-order valence-electron chi connectivity index (χ4n) is 3.81. The largest absolute Gasteiger partial charge is 0.337 e. The highest BCUT2D eigenvalue weighted by Crippen LogP contribution is 2.28. The van der Waals surface area contributed by atoms with E-state index in [4.69, 9.17) is 0 Å². The third-order valence-corrected chi connectivity index (χ3v) is 5.10. The van der Waals surface area contributed by atoms with Gasteiger partial charge in [0.25, 0.3) is 5.91 Å². The van der Waals surface area contributed by atoms with E-state index in [9.17, 15) is 9.18 Å². The van der Waals surface area contributed by atoms with Crippen LogP contribution in [0.15, 0.2) is 24.3 Å². The lowest BCUT2D eigenvalue weighted by Crippen LogP contribution is -2.28. The molecule has 0 N–H and O–H groups in total. The molecular weight excluding hydrogens is 305 g/mol. The fourth-order valence-corrected chi connectivity index (χ4v) is 3.81. The van der Waals surface area contributed by atoms with E-state index < -0.39 is 0 Å². The number of rotatable bonds is 2. The molecule has 1 amide bonds. The third-order valence-electron chi connectivity index (χ3n) is 5.10. The van der Waals surface area contributed by atoms with Gasteiger partial charge in [-0.1, -0.05) is 6.42 Å². The van der Waals surface area contributed by atoms with Crippen LogP contribution < -0.4 is 0 Å². The van der Waals surface area contributed by atoms with Gasteiger partial charge in [-0.05, 0) is 62.8 Å². The molecule has 1 aliphatic heterocycles. The molecule has 1 fully saturated rings. The van der Waals surface area contributed by atoms with Gasteiger partial charge in [0.2, 0.25) is 0 Å². The fraction of sp³-hybridized carbons (Fsp3) is 0.474. The van der Waals surface area contributed by atoms with Gasteiger partial charge in [-0.3, -0.25) is 4.79 Å². The number of hydrogen-bond donors (Lipinski definition) is 0. The molecule has 0 atom stereocenters. The molecule has 24 heavy (non-hydrogen) atoms. The molecule has 126 valence electrons. The minimum Gasteiger partial charge on any atom is -0.337 e. The second-order valence-electron chi connectivity index (χ2n) is 6.72. The first kappa shape index (κ1) is 15.4. The van der Waals surface area contributed by atoms with Gasteiger partial charge in [0.15, 0.2) is 5.69 Å². The minimum atomic E-state index is -0.259. The summed E-state index contributed by atoms with van der Waals surface area (Å²) in [4.78, 5) is 14.8. The van der Waals surface area contributed by atoms with Crippen molar-refractivity contribution in [1.82, 2.24) is 14.7 Å². The molecule has 4 nitrogen and oxygen atoms in total. The maximum absolute atomic E-state index is 13.3. The van der Waals surface area contributed by atoms with E-state index in [2.05, 4.69) is 5.10 Å². The maximum Gasteiger partial charge on any atom is 0.274 e. The van der Waals surface area contributed by atoms with Crippen LogP contribution in [0.4, 0.5) is 4.39 Å². The number of carbonyl (C=O) groups excluding carboxylic acids is 1. The van der Waals surface area contributed by atoms with E-state index in [1.807, 2.05) is 9.58 Å². The molecule has 5 heteroatoms. The molecule has 1 aromatic heterocycles. The van der Waals surface area contributed by atoms with Crippen LogP contribution in [0.25, 0.3) is 5.69 Å². The Morgan fingerprint density at radius 2 is 1.67 bits per heavy atom. The lowest BCUT2D eigenvalue weighted by atomic mass is 10.1. The first-order valence-corrected chi connectivity index (χ1v) is 8.90. The van der Waals surface area contributed by atoms with E-state index in [-0.39, 0.29) is 11.7 Å². The lowest BCUT2D eigenvalue weighted by molar-refractivity contribution is 0.0785. The highest BCUT2D eigenvalue weighted by atomic mass is 19.1. The Morgan fingerprint density at radius 3 is 2.42 bits per heavy atom. The number of fused-ring (bicyclic) bond motifs is 1. The quantitative estimate of drug-likeness (QED) is 0.792. The maximum atomic E-state index is 13.3. The summed E-state index contributed by atoms with van der Waals surface area (Å²) in [5.74, 6) is -0.197. The van der Waals surface area contributed by atoms with E-state index in [1.54, 1.807) is 12.1 Å². The number of nitrogens with zero attached hydrogens (tertiary/aromatic N) is 3. The average molecular weight is 327 g/mol. The van der Waals surface area contributed by atoms with Crippen molar-refractivity contribution in [2.45, 2.75) is 44.9 Å². The number of hydrogen-bond acceptors (Lipinski definition) is 2. The molecule has 1 aromatic carbocycles. The molecule has 1 saturated heterocycles. The molecule has 2 aliphatic rings. The third kappa shape index (κ3) is 2.72. The number of likely N-dealkylation sites (tertiary alicyclic amines) is 1. The summed E-state index contributed by atoms with van der Waals surface area (Å²) < 4.78 is 15.1. The predicted octanol–water partition coefficient (Wildman–Crippen LogP) is 3.52. The number of aromatic nitrogens is 2. The van der Waals surface area contributed by atoms with E-state index in [1.165, 1.54) is 18.6 Å². The van der Waals surface area contributed by atoms with Gasteiger partial charge < -0.3 is 4.90 Å². The Bertz CT molecular complexity index is 745. The van der Waals surface area contributed by atoms with Crippen molar-refractivity contribution in [2.24, 2.45) is 0 Å². The first-order valence-electron chi connectivity index (χ1n) is 8.90. The molecular formula is C19H22FN3O. The predicted molar refractivity (Wildman–Crippen MR) is 89.9 cm³/mol. The summed E-state index contributed by atoms with van der Waals surface area (Å²) >= 11 is 0. The Morgan fingerprint density at radius 1 is 0.958 bits per heavy atom. The Hall–Kier alpha value is -2.17. The zero-order chi connectivity index (χ0) is 16.5. The van der Waals surface area contributed by atoms with E-state index in [0.717, 1.165) is 68.6 Å². The Labute approximate surface area is 141 Å². The molecule has 4 rings (SSSR count). The van der Waals surface area contributed by atoms with Gasteiger partial charge in [-0.15, -0.1) is 0 Å². The number of halogens is 1. The molecule has 0 saturated carbocycles. The zero-order valence-electron chi connectivity index (χ0n) is 13.8. The summed E-state index contributed by atoms with van der Waals surface area (Å²) in [6.07, 6.45) is 7.37. The van der Waals surface area contributed by atoms with Crippen LogP contribution >= 0.6 is 0 Å². The van der Waals surface area contributed by atoms with Gasteiger partial charge in [0.05, 0.1) is 5.69 Å². The highest BCUT2D eigenvalue weighted by molar-refractivity contribution is 5.94. The van der Waals surface area contributed by atoms with Gasteiger partial charge in [0.1, 0.15) is 5.82 Å². The Kier molecular flexibility index (Phi) is 4.08. The average Bonchev–Trinajstić information content (AvgIpc) is 3.18. The SMILES string of the molecule is O=C(c1nn(-c2ccc(F)cc2)c2c1CCCCC2)N1CCCC1. The molecule has 2 heterocycles. The standard InChI is InChI=1S/C19H22FN3O/c20-14-8-10-15(11-9-14)23-17-7-3-1-2-6-16(17)18(21-23)19(24)22-12-4-5-13-22/h8-11H,1-7,12-13H2. The van der Waals surface area contributed by atoms with Crippen molar-refractivity contribution in [2.75, 3.05) is 13.1 Å². The monoisotopic (exact) mass is 327 g/mol. The van der Waals surface area contributed by atoms with E-state index >= 15 is 0 Å². The summed E-state index contributed by atoms with van der Waals surface area (Å²) in [5.41, 5.74) is 3.67. The number of amides is 1. The molecule has 0 bridgehead atoms. The van der Waals surface area contributed by atoms with Crippen molar-refractivity contribution < 1.29 is 9.18 Å². The normalized spacial score (nSPS) is 17.6. The van der Waals surface area contributed by atoms with Gasteiger partial charge in [-0.2, -0.15) is 5.10 Å². The van der Waals surface area contributed by atoms with Crippen LogP contribution in [0.2, 0.25) is 0 Å². The smallest absolute Gasteiger partial charge is 0.274 e.